The van der Waals surface area contributed by atoms with E-state index in [-0.39, 0.29) is 24.3 Å². The zero-order valence-corrected chi connectivity index (χ0v) is 14.0. The molecular formula is C18H20ClFN2O. The lowest BCUT2D eigenvalue weighted by atomic mass is 10.1. The van der Waals surface area contributed by atoms with Crippen LogP contribution in [0.4, 0.5) is 4.39 Å². The number of carbonyl (C=O) groups is 1. The minimum atomic E-state index is -0.260. The summed E-state index contributed by atoms with van der Waals surface area (Å²) in [7, 11) is 0. The smallest absolute Gasteiger partial charge is 0.234 e. The van der Waals surface area contributed by atoms with Gasteiger partial charge in [0.05, 0.1) is 6.54 Å². The first kappa shape index (κ1) is 17.4. The second-order valence-electron chi connectivity index (χ2n) is 5.52. The van der Waals surface area contributed by atoms with Gasteiger partial charge in [-0.2, -0.15) is 0 Å². The van der Waals surface area contributed by atoms with Crippen molar-refractivity contribution >= 4 is 17.5 Å². The number of carbonyl (C=O) groups excluding carboxylic acids is 1. The fourth-order valence-corrected chi connectivity index (χ4v) is 2.35. The Morgan fingerprint density at radius 2 is 2.04 bits per heavy atom. The van der Waals surface area contributed by atoms with Crippen LogP contribution < -0.4 is 10.6 Å². The van der Waals surface area contributed by atoms with Gasteiger partial charge in [-0.15, -0.1) is 0 Å². The standard InChI is InChI=1S/C18H20ClFN2O/c1-12-6-7-14(8-17(12)20)10-22-18(23)11-21-13(2)15-4-3-5-16(19)9-15/h3-9,13,21H,10-11H2,1-2H3,(H,22,23). The van der Waals surface area contributed by atoms with Crippen LogP contribution >= 0.6 is 11.6 Å². The van der Waals surface area contributed by atoms with E-state index in [9.17, 15) is 9.18 Å². The first-order valence-electron chi connectivity index (χ1n) is 7.46. The molecule has 1 amide bonds. The molecule has 5 heteroatoms. The predicted molar refractivity (Wildman–Crippen MR) is 90.9 cm³/mol. The van der Waals surface area contributed by atoms with Gasteiger partial charge in [0.2, 0.25) is 5.91 Å². The number of halogens is 2. The maximum absolute atomic E-state index is 13.4. The third-order valence-corrected chi connectivity index (χ3v) is 3.88. The van der Waals surface area contributed by atoms with Gasteiger partial charge in [-0.25, -0.2) is 4.39 Å². The molecule has 0 saturated heterocycles. The van der Waals surface area contributed by atoms with Crippen molar-refractivity contribution in [3.8, 4) is 0 Å². The monoisotopic (exact) mass is 334 g/mol. The average Bonchev–Trinajstić information content (AvgIpc) is 2.53. The molecule has 0 aliphatic heterocycles. The summed E-state index contributed by atoms with van der Waals surface area (Å²) in [5, 5.41) is 6.58. The van der Waals surface area contributed by atoms with Crippen molar-refractivity contribution < 1.29 is 9.18 Å². The van der Waals surface area contributed by atoms with Crippen molar-refractivity contribution in [2.45, 2.75) is 26.4 Å². The predicted octanol–water partition coefficient (Wildman–Crippen LogP) is 3.75. The lowest BCUT2D eigenvalue weighted by Gasteiger charge is -2.14. The number of benzene rings is 2. The molecule has 2 rings (SSSR count). The quantitative estimate of drug-likeness (QED) is 0.844. The molecule has 0 bridgehead atoms. The van der Waals surface area contributed by atoms with Crippen molar-refractivity contribution in [2.75, 3.05) is 6.54 Å². The van der Waals surface area contributed by atoms with Crippen LogP contribution in [-0.2, 0) is 11.3 Å². The molecule has 2 aromatic rings. The molecule has 0 spiro atoms. The lowest BCUT2D eigenvalue weighted by molar-refractivity contribution is -0.120. The van der Waals surface area contributed by atoms with E-state index in [0.29, 0.717) is 17.1 Å². The summed E-state index contributed by atoms with van der Waals surface area (Å²) in [5.74, 6) is -0.399. The molecule has 0 aliphatic rings. The minimum absolute atomic E-state index is 0.0104. The lowest BCUT2D eigenvalue weighted by Crippen LogP contribution is -2.34. The highest BCUT2D eigenvalue weighted by Crippen LogP contribution is 2.17. The van der Waals surface area contributed by atoms with E-state index in [4.69, 9.17) is 11.6 Å². The van der Waals surface area contributed by atoms with E-state index in [1.165, 1.54) is 6.07 Å². The molecular weight excluding hydrogens is 315 g/mol. The SMILES string of the molecule is Cc1ccc(CNC(=O)CNC(C)c2cccc(Cl)c2)cc1F. The molecule has 0 aliphatic carbocycles. The van der Waals surface area contributed by atoms with Crippen molar-refractivity contribution in [2.24, 2.45) is 0 Å². The molecule has 122 valence electrons. The third-order valence-electron chi connectivity index (χ3n) is 3.64. The van der Waals surface area contributed by atoms with E-state index in [1.807, 2.05) is 31.2 Å². The van der Waals surface area contributed by atoms with E-state index in [1.54, 1.807) is 19.1 Å². The van der Waals surface area contributed by atoms with Crippen LogP contribution in [0.1, 0.15) is 29.7 Å². The number of hydrogen-bond acceptors (Lipinski definition) is 2. The fourth-order valence-electron chi connectivity index (χ4n) is 2.15. The fraction of sp³-hybridized carbons (Fsp3) is 0.278. The summed E-state index contributed by atoms with van der Waals surface area (Å²) in [6.45, 7) is 4.17. The zero-order valence-electron chi connectivity index (χ0n) is 13.2. The van der Waals surface area contributed by atoms with Crippen molar-refractivity contribution in [1.82, 2.24) is 10.6 Å². The van der Waals surface area contributed by atoms with Crippen molar-refractivity contribution in [3.63, 3.8) is 0 Å². The molecule has 23 heavy (non-hydrogen) atoms. The Kier molecular flexibility index (Phi) is 6.13. The maximum atomic E-state index is 13.4. The van der Waals surface area contributed by atoms with E-state index < -0.39 is 0 Å². The highest BCUT2D eigenvalue weighted by atomic mass is 35.5. The summed E-state index contributed by atoms with van der Waals surface area (Å²) in [5.41, 5.74) is 2.35. The number of amides is 1. The second kappa shape index (κ2) is 8.09. The molecule has 0 heterocycles. The highest BCUT2D eigenvalue weighted by Gasteiger charge is 2.08. The topological polar surface area (TPSA) is 41.1 Å². The van der Waals surface area contributed by atoms with Gasteiger partial charge in [-0.05, 0) is 48.7 Å². The average molecular weight is 335 g/mol. The Bertz CT molecular complexity index is 690. The van der Waals surface area contributed by atoms with Gasteiger partial charge < -0.3 is 10.6 Å². The number of rotatable bonds is 6. The van der Waals surface area contributed by atoms with Crippen LogP contribution in [0.3, 0.4) is 0 Å². The van der Waals surface area contributed by atoms with E-state index in [0.717, 1.165) is 11.1 Å². The minimum Gasteiger partial charge on any atom is -0.351 e. The summed E-state index contributed by atoms with van der Waals surface area (Å²) >= 11 is 5.96. The number of hydrogen-bond donors (Lipinski definition) is 2. The Hall–Kier alpha value is -1.91. The maximum Gasteiger partial charge on any atom is 0.234 e. The highest BCUT2D eigenvalue weighted by molar-refractivity contribution is 6.30. The molecule has 1 atom stereocenters. The van der Waals surface area contributed by atoms with Gasteiger partial charge in [-0.3, -0.25) is 4.79 Å². The van der Waals surface area contributed by atoms with Gasteiger partial charge in [-0.1, -0.05) is 35.9 Å². The summed E-state index contributed by atoms with van der Waals surface area (Å²) in [4.78, 5) is 11.9. The van der Waals surface area contributed by atoms with Gasteiger partial charge in [0.25, 0.3) is 0 Å². The summed E-state index contributed by atoms with van der Waals surface area (Å²) in [6, 6.07) is 12.5. The Morgan fingerprint density at radius 3 is 2.74 bits per heavy atom. The van der Waals surface area contributed by atoms with E-state index in [2.05, 4.69) is 10.6 Å². The molecule has 0 radical (unpaired) electrons. The van der Waals surface area contributed by atoms with Crippen LogP contribution in [0.15, 0.2) is 42.5 Å². The van der Waals surface area contributed by atoms with Gasteiger partial charge in [0, 0.05) is 17.6 Å². The van der Waals surface area contributed by atoms with Crippen LogP contribution in [0.25, 0.3) is 0 Å². The summed E-state index contributed by atoms with van der Waals surface area (Å²) < 4.78 is 13.4. The van der Waals surface area contributed by atoms with Gasteiger partial charge in [0.1, 0.15) is 5.82 Å². The third kappa shape index (κ3) is 5.34. The molecule has 0 saturated carbocycles. The van der Waals surface area contributed by atoms with E-state index >= 15 is 0 Å². The van der Waals surface area contributed by atoms with Crippen molar-refractivity contribution in [1.29, 1.82) is 0 Å². The van der Waals surface area contributed by atoms with Crippen LogP contribution in [-0.4, -0.2) is 12.5 Å². The number of aryl methyl sites for hydroxylation is 1. The molecule has 2 N–H and O–H groups in total. The van der Waals surface area contributed by atoms with Gasteiger partial charge in [0.15, 0.2) is 0 Å². The molecule has 1 unspecified atom stereocenters. The Balaban J connectivity index is 1.79. The van der Waals surface area contributed by atoms with Crippen LogP contribution in [0, 0.1) is 12.7 Å². The Morgan fingerprint density at radius 1 is 1.26 bits per heavy atom. The Labute approximate surface area is 140 Å². The zero-order chi connectivity index (χ0) is 16.8. The molecule has 3 nitrogen and oxygen atoms in total. The normalized spacial score (nSPS) is 12.0. The first-order chi connectivity index (χ1) is 11.0. The van der Waals surface area contributed by atoms with Gasteiger partial charge >= 0.3 is 0 Å². The first-order valence-corrected chi connectivity index (χ1v) is 7.84. The van der Waals surface area contributed by atoms with Crippen LogP contribution in [0.5, 0.6) is 0 Å². The molecule has 2 aromatic carbocycles. The van der Waals surface area contributed by atoms with Crippen LogP contribution in [0.2, 0.25) is 5.02 Å². The van der Waals surface area contributed by atoms with Crippen molar-refractivity contribution in [3.05, 3.63) is 70.0 Å². The number of nitrogens with one attached hydrogen (secondary N) is 2. The molecule has 0 aromatic heterocycles. The largest absolute Gasteiger partial charge is 0.351 e. The summed E-state index contributed by atoms with van der Waals surface area (Å²) in [6.07, 6.45) is 0. The second-order valence-corrected chi connectivity index (χ2v) is 5.95. The molecule has 0 fully saturated rings.